The van der Waals surface area contributed by atoms with Crippen LogP contribution >= 0.6 is 0 Å². The number of halogens is 2. The molecule has 0 spiro atoms. The molecule has 2 heterocycles. The van der Waals surface area contributed by atoms with Crippen molar-refractivity contribution in [2.75, 3.05) is 32.2 Å². The molecule has 0 radical (unpaired) electrons. The molecular formula is C11H15F2N3O2. The van der Waals surface area contributed by atoms with E-state index in [2.05, 4.69) is 9.97 Å². The van der Waals surface area contributed by atoms with Crippen LogP contribution in [-0.4, -0.2) is 43.2 Å². The molecular weight excluding hydrogens is 244 g/mol. The molecule has 0 aliphatic carbocycles. The molecule has 100 valence electrons. The highest BCUT2D eigenvalue weighted by molar-refractivity contribution is 5.37. The van der Waals surface area contributed by atoms with Crippen LogP contribution in [0.25, 0.3) is 0 Å². The summed E-state index contributed by atoms with van der Waals surface area (Å²) in [6, 6.07) is 1.54. The summed E-state index contributed by atoms with van der Waals surface area (Å²) in [7, 11) is 2.96. The molecule has 0 amide bonds. The second-order valence-electron chi connectivity index (χ2n) is 4.10. The van der Waals surface area contributed by atoms with Crippen molar-refractivity contribution in [3.63, 3.8) is 0 Å². The summed E-state index contributed by atoms with van der Waals surface area (Å²) >= 11 is 0. The fraction of sp³-hybridized carbons (Fsp3) is 0.636. The summed E-state index contributed by atoms with van der Waals surface area (Å²) in [5, 5.41) is 0. The highest BCUT2D eigenvalue weighted by Crippen LogP contribution is 2.30. The number of rotatable bonds is 3. The van der Waals surface area contributed by atoms with Crippen molar-refractivity contribution >= 4 is 5.95 Å². The molecule has 2 rings (SSSR count). The van der Waals surface area contributed by atoms with Gasteiger partial charge in [-0.05, 0) is 0 Å². The maximum Gasteiger partial charge on any atom is 0.251 e. The van der Waals surface area contributed by atoms with Crippen LogP contribution in [0.5, 0.6) is 11.8 Å². The Labute approximate surface area is 104 Å². The van der Waals surface area contributed by atoms with E-state index >= 15 is 0 Å². The molecule has 7 heteroatoms. The molecule has 0 unspecified atom stereocenters. The van der Waals surface area contributed by atoms with Crippen molar-refractivity contribution in [3.8, 4) is 11.8 Å². The van der Waals surface area contributed by atoms with E-state index in [1.807, 2.05) is 0 Å². The predicted molar refractivity (Wildman–Crippen MR) is 61.5 cm³/mol. The first-order chi connectivity index (χ1) is 8.54. The van der Waals surface area contributed by atoms with E-state index in [9.17, 15) is 8.78 Å². The predicted octanol–water partition coefficient (Wildman–Crippen LogP) is 1.73. The second kappa shape index (κ2) is 4.91. The lowest BCUT2D eigenvalue weighted by Gasteiger charge is -2.31. The van der Waals surface area contributed by atoms with Crippen LogP contribution in [0, 0.1) is 0 Å². The Balaban J connectivity index is 2.18. The van der Waals surface area contributed by atoms with Gasteiger partial charge in [0.15, 0.2) is 0 Å². The van der Waals surface area contributed by atoms with Gasteiger partial charge in [0.2, 0.25) is 17.7 Å². The topological polar surface area (TPSA) is 47.5 Å². The molecule has 0 saturated carbocycles. The summed E-state index contributed by atoms with van der Waals surface area (Å²) in [4.78, 5) is 9.99. The molecule has 1 aliphatic heterocycles. The number of ether oxygens (including phenoxy) is 2. The van der Waals surface area contributed by atoms with Crippen LogP contribution in [0.3, 0.4) is 0 Å². The van der Waals surface area contributed by atoms with Crippen LogP contribution in [0.15, 0.2) is 6.07 Å². The number of hydrogen-bond donors (Lipinski definition) is 0. The lowest BCUT2D eigenvalue weighted by molar-refractivity contribution is -0.0222. The van der Waals surface area contributed by atoms with Gasteiger partial charge < -0.3 is 14.4 Å². The summed E-state index contributed by atoms with van der Waals surface area (Å²) in [6.45, 7) is 0.451. The molecule has 1 aromatic heterocycles. The van der Waals surface area contributed by atoms with Crippen molar-refractivity contribution in [1.82, 2.24) is 9.97 Å². The number of aromatic nitrogens is 2. The Morgan fingerprint density at radius 3 is 2.06 bits per heavy atom. The van der Waals surface area contributed by atoms with E-state index in [4.69, 9.17) is 9.47 Å². The van der Waals surface area contributed by atoms with E-state index in [1.54, 1.807) is 11.0 Å². The Hall–Kier alpha value is -1.66. The van der Waals surface area contributed by atoms with Crippen molar-refractivity contribution in [2.24, 2.45) is 0 Å². The smallest absolute Gasteiger partial charge is 0.251 e. The second-order valence-corrected chi connectivity index (χ2v) is 4.10. The van der Waals surface area contributed by atoms with E-state index in [0.717, 1.165) is 0 Å². The zero-order chi connectivity index (χ0) is 13.2. The molecule has 0 bridgehead atoms. The van der Waals surface area contributed by atoms with E-state index < -0.39 is 5.92 Å². The van der Waals surface area contributed by atoms with Gasteiger partial charge in [-0.15, -0.1) is 0 Å². The SMILES string of the molecule is COc1cc(OC)nc(N2CCC(F)(F)CC2)n1. The van der Waals surface area contributed by atoms with Gasteiger partial charge in [-0.2, -0.15) is 9.97 Å². The van der Waals surface area contributed by atoms with Gasteiger partial charge in [0.25, 0.3) is 5.92 Å². The minimum absolute atomic E-state index is 0.185. The summed E-state index contributed by atoms with van der Waals surface area (Å²) in [6.07, 6.45) is -0.369. The fourth-order valence-electron chi connectivity index (χ4n) is 1.78. The third-order valence-electron chi connectivity index (χ3n) is 2.86. The lowest BCUT2D eigenvalue weighted by Crippen LogP contribution is -2.40. The van der Waals surface area contributed by atoms with Gasteiger partial charge in [-0.1, -0.05) is 0 Å². The minimum atomic E-state index is -2.58. The van der Waals surface area contributed by atoms with E-state index in [1.165, 1.54) is 14.2 Å². The monoisotopic (exact) mass is 259 g/mol. The summed E-state index contributed by atoms with van der Waals surface area (Å²) in [5.41, 5.74) is 0. The Morgan fingerprint density at radius 2 is 1.61 bits per heavy atom. The molecule has 0 atom stereocenters. The Kier molecular flexibility index (Phi) is 3.49. The Morgan fingerprint density at radius 1 is 1.11 bits per heavy atom. The number of piperidine rings is 1. The lowest BCUT2D eigenvalue weighted by atomic mass is 10.1. The number of nitrogens with zero attached hydrogens (tertiary/aromatic N) is 3. The van der Waals surface area contributed by atoms with Crippen LogP contribution in [0.4, 0.5) is 14.7 Å². The number of hydrogen-bond acceptors (Lipinski definition) is 5. The average Bonchev–Trinajstić information content (AvgIpc) is 2.38. The van der Waals surface area contributed by atoms with Gasteiger partial charge >= 0.3 is 0 Å². The van der Waals surface area contributed by atoms with Crippen molar-refractivity contribution in [3.05, 3.63) is 6.07 Å². The van der Waals surface area contributed by atoms with Crippen LogP contribution < -0.4 is 14.4 Å². The largest absolute Gasteiger partial charge is 0.481 e. The molecule has 1 aliphatic rings. The quantitative estimate of drug-likeness (QED) is 0.827. The number of methoxy groups -OCH3 is 2. The number of alkyl halides is 2. The molecule has 0 aromatic carbocycles. The highest BCUT2D eigenvalue weighted by atomic mass is 19.3. The maximum absolute atomic E-state index is 13.1. The average molecular weight is 259 g/mol. The minimum Gasteiger partial charge on any atom is -0.481 e. The molecule has 1 aromatic rings. The summed E-state index contributed by atoms with van der Waals surface area (Å²) in [5.74, 6) is -1.51. The zero-order valence-corrected chi connectivity index (χ0v) is 10.3. The first kappa shape index (κ1) is 12.8. The number of anilines is 1. The molecule has 18 heavy (non-hydrogen) atoms. The fourth-order valence-corrected chi connectivity index (χ4v) is 1.78. The van der Waals surface area contributed by atoms with Gasteiger partial charge in [0, 0.05) is 25.9 Å². The zero-order valence-electron chi connectivity index (χ0n) is 10.3. The van der Waals surface area contributed by atoms with Gasteiger partial charge in [-0.25, -0.2) is 8.78 Å². The normalized spacial score (nSPS) is 18.6. The highest BCUT2D eigenvalue weighted by Gasteiger charge is 2.35. The van der Waals surface area contributed by atoms with E-state index in [0.29, 0.717) is 17.7 Å². The first-order valence-electron chi connectivity index (χ1n) is 5.64. The molecule has 0 N–H and O–H groups in total. The first-order valence-corrected chi connectivity index (χ1v) is 5.64. The van der Waals surface area contributed by atoms with Gasteiger partial charge in [0.1, 0.15) is 0 Å². The molecule has 1 fully saturated rings. The Bertz CT molecular complexity index is 396. The van der Waals surface area contributed by atoms with Gasteiger partial charge in [0.05, 0.1) is 20.3 Å². The van der Waals surface area contributed by atoms with Crippen LogP contribution in [0.2, 0.25) is 0 Å². The van der Waals surface area contributed by atoms with Crippen molar-refractivity contribution in [2.45, 2.75) is 18.8 Å². The molecule has 1 saturated heterocycles. The van der Waals surface area contributed by atoms with E-state index in [-0.39, 0.29) is 25.9 Å². The van der Waals surface area contributed by atoms with Crippen molar-refractivity contribution in [1.29, 1.82) is 0 Å². The van der Waals surface area contributed by atoms with Crippen LogP contribution in [-0.2, 0) is 0 Å². The van der Waals surface area contributed by atoms with Crippen LogP contribution in [0.1, 0.15) is 12.8 Å². The van der Waals surface area contributed by atoms with Gasteiger partial charge in [-0.3, -0.25) is 0 Å². The van der Waals surface area contributed by atoms with Crippen molar-refractivity contribution < 1.29 is 18.3 Å². The maximum atomic E-state index is 13.1. The third kappa shape index (κ3) is 2.77. The standard InChI is InChI=1S/C11H15F2N3O2/c1-17-8-7-9(18-2)15-10(14-8)16-5-3-11(12,13)4-6-16/h7H,3-6H2,1-2H3. The third-order valence-corrected chi connectivity index (χ3v) is 2.86. The summed E-state index contributed by atoms with van der Waals surface area (Å²) < 4.78 is 36.2. The molecule has 5 nitrogen and oxygen atoms in total.